The van der Waals surface area contributed by atoms with Gasteiger partial charge < -0.3 is 20.3 Å². The van der Waals surface area contributed by atoms with E-state index in [-0.39, 0.29) is 47.7 Å². The largest absolute Gasteiger partial charge is 0.433 e. The van der Waals surface area contributed by atoms with Gasteiger partial charge in [-0.1, -0.05) is 0 Å². The zero-order chi connectivity index (χ0) is 29.5. The standard InChI is InChI=1S/C26H38F3N7O3S/c1-25(2)14-18(15-26(3,4)34(25)5)31-22-19(27)16-30-24(33-22)32-17-7-8-20(21(13-17)39-23(28)29)35-9-11-36(12-10-35)40(6,37)38/h7-8,13,16,18,23H,9-12,14-15H2,1-6H3,(H2,30,31,32,33). The molecule has 2 aromatic rings. The van der Waals surface area contributed by atoms with Crippen LogP contribution < -0.4 is 20.3 Å². The summed E-state index contributed by atoms with van der Waals surface area (Å²) in [5.41, 5.74) is 0.566. The maximum absolute atomic E-state index is 14.7. The van der Waals surface area contributed by atoms with Crippen LogP contribution in [-0.2, 0) is 10.0 Å². The quantitative estimate of drug-likeness (QED) is 0.474. The summed E-state index contributed by atoms with van der Waals surface area (Å²) in [4.78, 5) is 12.5. The van der Waals surface area contributed by atoms with Crippen LogP contribution in [0, 0.1) is 5.82 Å². The third kappa shape index (κ3) is 6.89. The number of ether oxygens (including phenoxy) is 1. The summed E-state index contributed by atoms with van der Waals surface area (Å²) >= 11 is 0. The minimum absolute atomic E-state index is 0.0214. The summed E-state index contributed by atoms with van der Waals surface area (Å²) in [6.45, 7) is 6.66. The monoisotopic (exact) mass is 585 g/mol. The van der Waals surface area contributed by atoms with Gasteiger partial charge in [-0.15, -0.1) is 0 Å². The van der Waals surface area contributed by atoms with Crippen molar-refractivity contribution in [3.05, 3.63) is 30.2 Å². The van der Waals surface area contributed by atoms with Crippen molar-refractivity contribution in [2.75, 3.05) is 55.0 Å². The van der Waals surface area contributed by atoms with Gasteiger partial charge in [-0.2, -0.15) is 18.1 Å². The molecule has 1 aromatic heterocycles. The van der Waals surface area contributed by atoms with E-state index in [4.69, 9.17) is 4.74 Å². The SMILES string of the molecule is CN1C(C)(C)CC(Nc2nc(Nc3ccc(N4CCN(S(C)(=O)=O)CC4)c(OC(F)F)c3)ncc2F)CC1(C)C. The number of aromatic nitrogens is 2. The third-order valence-corrected chi connectivity index (χ3v) is 9.18. The molecular weight excluding hydrogens is 547 g/mol. The second kappa shape index (κ2) is 11.2. The lowest BCUT2D eigenvalue weighted by atomic mass is 9.77. The normalized spacial score (nSPS) is 20.5. The van der Waals surface area contributed by atoms with Crippen molar-refractivity contribution in [3.8, 4) is 5.75 Å². The molecule has 2 aliphatic rings. The van der Waals surface area contributed by atoms with Crippen LogP contribution in [0.15, 0.2) is 24.4 Å². The second-order valence-electron chi connectivity index (χ2n) is 11.7. The zero-order valence-corrected chi connectivity index (χ0v) is 24.5. The van der Waals surface area contributed by atoms with Crippen LogP contribution in [0.25, 0.3) is 0 Å². The topological polar surface area (TPSA) is 103 Å². The Morgan fingerprint density at radius 2 is 1.70 bits per heavy atom. The number of nitrogens with zero attached hydrogens (tertiary/aromatic N) is 5. The lowest BCUT2D eigenvalue weighted by Crippen LogP contribution is -2.61. The molecule has 4 rings (SSSR count). The summed E-state index contributed by atoms with van der Waals surface area (Å²) in [7, 11) is -1.24. The maximum atomic E-state index is 14.7. The van der Waals surface area contributed by atoms with E-state index in [1.807, 2.05) is 0 Å². The molecule has 0 spiro atoms. The average Bonchev–Trinajstić information content (AvgIpc) is 2.84. The molecule has 2 saturated heterocycles. The molecule has 2 fully saturated rings. The second-order valence-corrected chi connectivity index (χ2v) is 13.6. The lowest BCUT2D eigenvalue weighted by Gasteiger charge is -2.53. The lowest BCUT2D eigenvalue weighted by molar-refractivity contribution is -0.0495. The van der Waals surface area contributed by atoms with Gasteiger partial charge in [0.2, 0.25) is 16.0 Å². The van der Waals surface area contributed by atoms with Crippen molar-refractivity contribution in [3.63, 3.8) is 0 Å². The first-order valence-electron chi connectivity index (χ1n) is 13.1. The summed E-state index contributed by atoms with van der Waals surface area (Å²) in [6.07, 6.45) is 3.78. The smallest absolute Gasteiger partial charge is 0.387 e. The first-order valence-corrected chi connectivity index (χ1v) is 15.0. The average molecular weight is 586 g/mol. The molecule has 0 bridgehead atoms. The van der Waals surface area contributed by atoms with E-state index in [1.165, 1.54) is 10.4 Å². The van der Waals surface area contributed by atoms with E-state index in [0.717, 1.165) is 25.3 Å². The number of alkyl halides is 2. The van der Waals surface area contributed by atoms with E-state index >= 15 is 0 Å². The molecule has 1 aromatic carbocycles. The van der Waals surface area contributed by atoms with Crippen LogP contribution in [0.2, 0.25) is 0 Å². The number of hydrogen-bond donors (Lipinski definition) is 2. The van der Waals surface area contributed by atoms with Crippen molar-refractivity contribution in [2.45, 2.75) is 64.3 Å². The highest BCUT2D eigenvalue weighted by Crippen LogP contribution is 2.38. The fraction of sp³-hybridized carbons (Fsp3) is 0.615. The highest BCUT2D eigenvalue weighted by Gasteiger charge is 2.43. The molecule has 222 valence electrons. The molecule has 0 saturated carbocycles. The Hall–Kier alpha value is -2.84. The Kier molecular flexibility index (Phi) is 8.44. The van der Waals surface area contributed by atoms with Crippen LogP contribution >= 0.6 is 0 Å². The minimum Gasteiger partial charge on any atom is -0.433 e. The summed E-state index contributed by atoms with van der Waals surface area (Å²) in [5.74, 6) is -0.523. The number of benzene rings is 1. The number of sulfonamides is 1. The molecule has 0 aliphatic carbocycles. The first-order chi connectivity index (χ1) is 18.5. The molecule has 0 atom stereocenters. The van der Waals surface area contributed by atoms with Gasteiger partial charge in [-0.25, -0.2) is 17.8 Å². The number of piperazine rings is 1. The van der Waals surface area contributed by atoms with Crippen molar-refractivity contribution < 1.29 is 26.3 Å². The Bertz CT molecular complexity index is 1300. The first kappa shape index (κ1) is 30.1. The molecule has 10 nitrogen and oxygen atoms in total. The molecule has 3 heterocycles. The third-order valence-electron chi connectivity index (χ3n) is 7.87. The number of piperidine rings is 1. The molecule has 0 amide bonds. The van der Waals surface area contributed by atoms with Crippen molar-refractivity contribution in [1.29, 1.82) is 0 Å². The van der Waals surface area contributed by atoms with Crippen molar-refractivity contribution in [1.82, 2.24) is 19.2 Å². The summed E-state index contributed by atoms with van der Waals surface area (Å²) in [6, 6.07) is 4.64. The Balaban J connectivity index is 1.51. The van der Waals surface area contributed by atoms with Gasteiger partial charge in [-0.05, 0) is 59.7 Å². The summed E-state index contributed by atoms with van der Waals surface area (Å²) < 4.78 is 71.0. The number of rotatable bonds is 8. The number of anilines is 4. The van der Waals surface area contributed by atoms with Gasteiger partial charge in [-0.3, -0.25) is 4.90 Å². The number of halogens is 3. The molecular formula is C26H38F3N7O3S. The Labute approximate surface area is 234 Å². The molecule has 2 aliphatic heterocycles. The van der Waals surface area contributed by atoms with Crippen LogP contribution in [-0.4, -0.2) is 90.8 Å². The van der Waals surface area contributed by atoms with Gasteiger partial charge >= 0.3 is 6.61 Å². The van der Waals surface area contributed by atoms with Crippen molar-refractivity contribution in [2.24, 2.45) is 0 Å². The highest BCUT2D eigenvalue weighted by molar-refractivity contribution is 7.88. The Morgan fingerprint density at radius 1 is 1.07 bits per heavy atom. The van der Waals surface area contributed by atoms with Crippen LogP contribution in [0.1, 0.15) is 40.5 Å². The minimum atomic E-state index is -3.33. The molecule has 14 heteroatoms. The molecule has 40 heavy (non-hydrogen) atoms. The fourth-order valence-electron chi connectivity index (χ4n) is 5.63. The van der Waals surface area contributed by atoms with Gasteiger partial charge in [0.1, 0.15) is 0 Å². The van der Waals surface area contributed by atoms with Crippen molar-refractivity contribution >= 4 is 33.2 Å². The summed E-state index contributed by atoms with van der Waals surface area (Å²) in [5, 5.41) is 6.19. The number of nitrogens with one attached hydrogen (secondary N) is 2. The van der Waals surface area contributed by atoms with Gasteiger partial charge in [0.05, 0.1) is 18.1 Å². The van der Waals surface area contributed by atoms with Gasteiger partial charge in [0, 0.05) is 55.1 Å². The van der Waals surface area contributed by atoms with E-state index in [1.54, 1.807) is 17.0 Å². The zero-order valence-electron chi connectivity index (χ0n) is 23.7. The van der Waals surface area contributed by atoms with Crippen LogP contribution in [0.5, 0.6) is 5.75 Å². The van der Waals surface area contributed by atoms with Crippen LogP contribution in [0.3, 0.4) is 0 Å². The predicted molar refractivity (Wildman–Crippen MR) is 150 cm³/mol. The van der Waals surface area contributed by atoms with E-state index in [9.17, 15) is 21.6 Å². The maximum Gasteiger partial charge on any atom is 0.387 e. The number of likely N-dealkylation sites (tertiary alicyclic amines) is 1. The van der Waals surface area contributed by atoms with Gasteiger partial charge in [0.15, 0.2) is 17.4 Å². The van der Waals surface area contributed by atoms with E-state index < -0.39 is 22.5 Å². The Morgan fingerprint density at radius 3 is 2.27 bits per heavy atom. The molecule has 2 N–H and O–H groups in total. The molecule has 0 radical (unpaired) electrons. The van der Waals surface area contributed by atoms with E-state index in [2.05, 4.69) is 60.2 Å². The fourth-order valence-corrected chi connectivity index (χ4v) is 6.46. The van der Waals surface area contributed by atoms with E-state index in [0.29, 0.717) is 24.5 Å². The van der Waals surface area contributed by atoms with Crippen LogP contribution in [0.4, 0.5) is 36.3 Å². The van der Waals surface area contributed by atoms with Gasteiger partial charge in [0.25, 0.3) is 0 Å². The highest BCUT2D eigenvalue weighted by atomic mass is 32.2. The predicted octanol–water partition coefficient (Wildman–Crippen LogP) is 4.11. The number of hydrogen-bond acceptors (Lipinski definition) is 9. The molecule has 0 unspecified atom stereocenters.